The normalized spacial score (nSPS) is 34.2. The molecule has 0 spiro atoms. The average molecular weight is 283 g/mol. The highest BCUT2D eigenvalue weighted by molar-refractivity contribution is 7.80. The second kappa shape index (κ2) is 4.88. The third-order valence-electron chi connectivity index (χ3n) is 3.84. The van der Waals surface area contributed by atoms with Crippen LogP contribution in [0.2, 0.25) is 0 Å². The van der Waals surface area contributed by atoms with Crippen molar-refractivity contribution in [2.45, 2.75) is 38.6 Å². The second-order valence-corrected chi connectivity index (χ2v) is 5.88. The summed E-state index contributed by atoms with van der Waals surface area (Å²) in [5.41, 5.74) is 4.85. The van der Waals surface area contributed by atoms with Crippen molar-refractivity contribution >= 4 is 34.9 Å². The van der Waals surface area contributed by atoms with Crippen LogP contribution in [0.25, 0.3) is 0 Å². The molecule has 1 unspecified atom stereocenters. The van der Waals surface area contributed by atoms with E-state index in [4.69, 9.17) is 18.0 Å². The van der Waals surface area contributed by atoms with Crippen molar-refractivity contribution in [3.05, 3.63) is 0 Å². The minimum Gasteiger partial charge on any atom is -0.392 e. The molecule has 0 aromatic carbocycles. The van der Waals surface area contributed by atoms with Gasteiger partial charge in [0.15, 0.2) is 0 Å². The van der Waals surface area contributed by atoms with E-state index in [0.29, 0.717) is 25.2 Å². The van der Waals surface area contributed by atoms with Crippen LogP contribution in [0.4, 0.5) is 0 Å². The van der Waals surface area contributed by atoms with Crippen LogP contribution >= 0.6 is 12.2 Å². The molecule has 3 amide bonds. The zero-order valence-electron chi connectivity index (χ0n) is 10.7. The van der Waals surface area contributed by atoms with E-state index < -0.39 is 17.4 Å². The van der Waals surface area contributed by atoms with Gasteiger partial charge in [0.1, 0.15) is 6.04 Å². The third kappa shape index (κ3) is 2.47. The van der Waals surface area contributed by atoms with Gasteiger partial charge in [-0.15, -0.1) is 0 Å². The minimum absolute atomic E-state index is 0.176. The van der Waals surface area contributed by atoms with E-state index in [0.717, 1.165) is 0 Å². The number of hydrogen-bond donors (Lipinski definition) is 3. The number of carbonyl (C=O) groups is 3. The van der Waals surface area contributed by atoms with Gasteiger partial charge in [-0.25, -0.2) is 0 Å². The topological polar surface area (TPSA) is 101 Å². The molecule has 1 aliphatic heterocycles. The summed E-state index contributed by atoms with van der Waals surface area (Å²) in [6.45, 7) is 2.02. The maximum atomic E-state index is 12.3. The molecular formula is C12H17N3O3S. The number of imide groups is 1. The Morgan fingerprint density at radius 3 is 2.58 bits per heavy atom. The van der Waals surface area contributed by atoms with Crippen LogP contribution in [0.1, 0.15) is 32.6 Å². The van der Waals surface area contributed by atoms with Crippen molar-refractivity contribution in [1.82, 2.24) is 10.6 Å². The quantitative estimate of drug-likeness (QED) is 0.484. The van der Waals surface area contributed by atoms with Gasteiger partial charge >= 0.3 is 0 Å². The van der Waals surface area contributed by atoms with E-state index in [2.05, 4.69) is 10.6 Å². The zero-order valence-corrected chi connectivity index (χ0v) is 11.5. The van der Waals surface area contributed by atoms with Gasteiger partial charge in [0, 0.05) is 6.42 Å². The van der Waals surface area contributed by atoms with Crippen molar-refractivity contribution < 1.29 is 14.4 Å². The molecule has 7 heteroatoms. The Bertz CT molecular complexity index is 457. The van der Waals surface area contributed by atoms with Crippen LogP contribution < -0.4 is 16.4 Å². The monoisotopic (exact) mass is 283 g/mol. The fourth-order valence-electron chi connectivity index (χ4n) is 2.76. The Labute approximate surface area is 116 Å². The Morgan fingerprint density at radius 1 is 1.47 bits per heavy atom. The predicted molar refractivity (Wildman–Crippen MR) is 71.9 cm³/mol. The van der Waals surface area contributed by atoms with Crippen molar-refractivity contribution in [2.24, 2.45) is 17.1 Å². The average Bonchev–Trinajstić information content (AvgIpc) is 2.27. The van der Waals surface area contributed by atoms with Gasteiger partial charge in [0.2, 0.25) is 17.7 Å². The molecule has 2 fully saturated rings. The molecular weight excluding hydrogens is 266 g/mol. The number of rotatable bonds is 3. The van der Waals surface area contributed by atoms with Crippen LogP contribution in [-0.2, 0) is 14.4 Å². The van der Waals surface area contributed by atoms with Gasteiger partial charge in [0.25, 0.3) is 0 Å². The van der Waals surface area contributed by atoms with Crippen LogP contribution in [0.15, 0.2) is 0 Å². The SMILES string of the molecule is CC1CC(C(=O)NC2CCC(=O)NC2=O)(C(N)=S)C1. The lowest BCUT2D eigenvalue weighted by molar-refractivity contribution is -0.141. The van der Waals surface area contributed by atoms with Crippen LogP contribution in [0.3, 0.4) is 0 Å². The Balaban J connectivity index is 2.02. The van der Waals surface area contributed by atoms with E-state index in [-0.39, 0.29) is 23.2 Å². The van der Waals surface area contributed by atoms with Gasteiger partial charge < -0.3 is 11.1 Å². The van der Waals surface area contributed by atoms with Crippen LogP contribution in [-0.4, -0.2) is 28.8 Å². The van der Waals surface area contributed by atoms with Crippen molar-refractivity contribution in [2.75, 3.05) is 0 Å². The first kappa shape index (κ1) is 13.9. The first-order chi connectivity index (χ1) is 8.85. The van der Waals surface area contributed by atoms with Gasteiger partial charge in [0.05, 0.1) is 10.4 Å². The highest BCUT2D eigenvalue weighted by Crippen LogP contribution is 2.46. The molecule has 1 aliphatic carbocycles. The van der Waals surface area contributed by atoms with Crippen molar-refractivity contribution in [3.8, 4) is 0 Å². The summed E-state index contributed by atoms with van der Waals surface area (Å²) in [5.74, 6) is -0.673. The Hall–Kier alpha value is -1.50. The van der Waals surface area contributed by atoms with E-state index in [1.165, 1.54) is 0 Å². The summed E-state index contributed by atoms with van der Waals surface area (Å²) >= 11 is 4.99. The molecule has 4 N–H and O–H groups in total. The number of carbonyl (C=O) groups excluding carboxylic acids is 3. The summed E-state index contributed by atoms with van der Waals surface area (Å²) in [6.07, 6.45) is 1.77. The summed E-state index contributed by atoms with van der Waals surface area (Å²) < 4.78 is 0. The number of hydrogen-bond acceptors (Lipinski definition) is 4. The van der Waals surface area contributed by atoms with E-state index in [1.54, 1.807) is 0 Å². The Kier molecular flexibility index (Phi) is 3.58. The van der Waals surface area contributed by atoms with Gasteiger partial charge in [-0.05, 0) is 25.2 Å². The molecule has 6 nitrogen and oxygen atoms in total. The minimum atomic E-state index is -0.823. The van der Waals surface area contributed by atoms with E-state index in [9.17, 15) is 14.4 Å². The number of piperidine rings is 1. The molecule has 0 aromatic rings. The molecule has 2 rings (SSSR count). The largest absolute Gasteiger partial charge is 0.392 e. The number of nitrogens with two attached hydrogens (primary N) is 1. The maximum absolute atomic E-state index is 12.3. The third-order valence-corrected chi connectivity index (χ3v) is 4.24. The van der Waals surface area contributed by atoms with Crippen LogP contribution in [0.5, 0.6) is 0 Å². The molecule has 1 atom stereocenters. The zero-order chi connectivity index (χ0) is 14.2. The molecule has 0 radical (unpaired) electrons. The molecule has 0 aromatic heterocycles. The number of amides is 3. The van der Waals surface area contributed by atoms with Gasteiger partial charge in [-0.1, -0.05) is 19.1 Å². The molecule has 19 heavy (non-hydrogen) atoms. The number of nitrogens with one attached hydrogen (secondary N) is 2. The predicted octanol–water partition coefficient (Wildman–Crippen LogP) is -0.390. The first-order valence-electron chi connectivity index (χ1n) is 6.30. The van der Waals surface area contributed by atoms with Crippen molar-refractivity contribution in [3.63, 3.8) is 0 Å². The second-order valence-electron chi connectivity index (χ2n) is 5.44. The Morgan fingerprint density at radius 2 is 2.11 bits per heavy atom. The summed E-state index contributed by atoms with van der Waals surface area (Å²) in [5, 5.41) is 4.87. The fraction of sp³-hybridized carbons (Fsp3) is 0.667. The van der Waals surface area contributed by atoms with Crippen LogP contribution in [0, 0.1) is 11.3 Å². The molecule has 2 aliphatic rings. The van der Waals surface area contributed by atoms with E-state index in [1.807, 2.05) is 6.92 Å². The molecule has 104 valence electrons. The molecule has 1 heterocycles. The maximum Gasteiger partial charge on any atom is 0.249 e. The first-order valence-corrected chi connectivity index (χ1v) is 6.70. The smallest absolute Gasteiger partial charge is 0.249 e. The molecule has 0 bridgehead atoms. The summed E-state index contributed by atoms with van der Waals surface area (Å²) in [4.78, 5) is 35.1. The fourth-order valence-corrected chi connectivity index (χ4v) is 3.02. The lowest BCUT2D eigenvalue weighted by Gasteiger charge is -2.44. The molecule has 1 saturated carbocycles. The van der Waals surface area contributed by atoms with Crippen molar-refractivity contribution in [1.29, 1.82) is 0 Å². The summed E-state index contributed by atoms with van der Waals surface area (Å²) in [6, 6.07) is -0.674. The molecule has 1 saturated heterocycles. The van der Waals surface area contributed by atoms with Gasteiger partial charge in [-0.3, -0.25) is 19.7 Å². The highest BCUT2D eigenvalue weighted by atomic mass is 32.1. The number of thiocarbonyl (C=S) groups is 1. The highest BCUT2D eigenvalue weighted by Gasteiger charge is 2.51. The summed E-state index contributed by atoms with van der Waals surface area (Å²) in [7, 11) is 0. The van der Waals surface area contributed by atoms with E-state index >= 15 is 0 Å². The lowest BCUT2D eigenvalue weighted by Crippen LogP contribution is -2.61. The standard InChI is InChI=1S/C12H17N3O3S/c1-6-4-12(5-6,10(13)19)11(18)14-7-2-3-8(16)15-9(7)17/h6-7H,2-5H2,1H3,(H2,13,19)(H,14,18)(H,15,16,17). The van der Waals surface area contributed by atoms with Gasteiger partial charge in [-0.2, -0.15) is 0 Å². The lowest BCUT2D eigenvalue weighted by atomic mass is 9.62.